The van der Waals surface area contributed by atoms with Gasteiger partial charge in [0.15, 0.2) is 0 Å². The van der Waals surface area contributed by atoms with Crippen molar-refractivity contribution in [1.29, 1.82) is 0 Å². The van der Waals surface area contributed by atoms with E-state index in [1.54, 1.807) is 0 Å². The Bertz CT molecular complexity index is 648. The SMILES string of the molecule is c1ccc(C2=C(c3ccccc3)C3COCCN3C2)cc1. The third-order valence-electron chi connectivity index (χ3n) is 4.47. The van der Waals surface area contributed by atoms with Crippen LogP contribution in [0.5, 0.6) is 0 Å². The summed E-state index contributed by atoms with van der Waals surface area (Å²) in [4.78, 5) is 2.55. The van der Waals surface area contributed by atoms with Crippen LogP contribution < -0.4 is 0 Å². The second kappa shape index (κ2) is 5.47. The molecule has 106 valence electrons. The highest BCUT2D eigenvalue weighted by Gasteiger charge is 2.35. The fourth-order valence-electron chi connectivity index (χ4n) is 3.45. The smallest absolute Gasteiger partial charge is 0.0664 e. The third kappa shape index (κ3) is 2.31. The molecular formula is C19H19NO. The van der Waals surface area contributed by atoms with Gasteiger partial charge in [-0.15, -0.1) is 0 Å². The van der Waals surface area contributed by atoms with Gasteiger partial charge in [0.05, 0.1) is 19.3 Å². The van der Waals surface area contributed by atoms with Crippen molar-refractivity contribution in [1.82, 2.24) is 4.90 Å². The van der Waals surface area contributed by atoms with Crippen LogP contribution in [0.2, 0.25) is 0 Å². The van der Waals surface area contributed by atoms with Crippen molar-refractivity contribution >= 4 is 11.1 Å². The molecule has 2 aliphatic rings. The second-order valence-corrected chi connectivity index (χ2v) is 5.69. The van der Waals surface area contributed by atoms with Crippen LogP contribution >= 0.6 is 0 Å². The summed E-state index contributed by atoms with van der Waals surface area (Å²) in [5, 5.41) is 0. The lowest BCUT2D eigenvalue weighted by molar-refractivity contribution is 0.0254. The van der Waals surface area contributed by atoms with Gasteiger partial charge in [-0.1, -0.05) is 60.7 Å². The summed E-state index contributed by atoms with van der Waals surface area (Å²) in [7, 11) is 0. The zero-order valence-electron chi connectivity index (χ0n) is 12.0. The van der Waals surface area contributed by atoms with E-state index in [0.717, 1.165) is 26.3 Å². The maximum absolute atomic E-state index is 5.74. The molecule has 0 amide bonds. The van der Waals surface area contributed by atoms with Crippen molar-refractivity contribution in [3.8, 4) is 0 Å². The Hall–Kier alpha value is -1.90. The fourth-order valence-corrected chi connectivity index (χ4v) is 3.45. The number of ether oxygens (including phenoxy) is 1. The number of benzene rings is 2. The summed E-state index contributed by atoms with van der Waals surface area (Å²) in [5.74, 6) is 0. The lowest BCUT2D eigenvalue weighted by atomic mass is 9.93. The lowest BCUT2D eigenvalue weighted by Gasteiger charge is -2.31. The Morgan fingerprint density at radius 2 is 1.52 bits per heavy atom. The monoisotopic (exact) mass is 277 g/mol. The number of morpholine rings is 1. The Morgan fingerprint density at radius 1 is 0.857 bits per heavy atom. The first-order chi connectivity index (χ1) is 10.4. The molecule has 1 saturated heterocycles. The Balaban J connectivity index is 1.85. The van der Waals surface area contributed by atoms with E-state index in [2.05, 4.69) is 65.6 Å². The molecule has 2 heteroatoms. The normalized spacial score (nSPS) is 22.4. The number of fused-ring (bicyclic) bond motifs is 1. The van der Waals surface area contributed by atoms with Crippen LogP contribution in [0.1, 0.15) is 11.1 Å². The molecule has 0 saturated carbocycles. The highest BCUT2D eigenvalue weighted by atomic mass is 16.5. The first kappa shape index (κ1) is 12.8. The van der Waals surface area contributed by atoms with Crippen molar-refractivity contribution < 1.29 is 4.74 Å². The minimum absolute atomic E-state index is 0.399. The molecule has 0 spiro atoms. The van der Waals surface area contributed by atoms with E-state index >= 15 is 0 Å². The number of hydrogen-bond donors (Lipinski definition) is 0. The minimum atomic E-state index is 0.399. The van der Waals surface area contributed by atoms with Gasteiger partial charge in [0.25, 0.3) is 0 Å². The standard InChI is InChI=1S/C19H19NO/c1-3-7-15(8-4-1)17-13-20-11-12-21-14-18(20)19(17)16-9-5-2-6-10-16/h1-10,18H,11-14H2. The molecule has 0 radical (unpaired) electrons. The summed E-state index contributed by atoms with van der Waals surface area (Å²) in [6.45, 7) is 3.71. The average molecular weight is 277 g/mol. The van der Waals surface area contributed by atoms with Crippen molar-refractivity contribution in [2.24, 2.45) is 0 Å². The maximum atomic E-state index is 5.74. The fraction of sp³-hybridized carbons (Fsp3) is 0.263. The molecule has 2 heterocycles. The molecule has 2 aliphatic heterocycles. The number of rotatable bonds is 2. The zero-order chi connectivity index (χ0) is 14.1. The highest BCUT2D eigenvalue weighted by Crippen LogP contribution is 2.39. The molecule has 0 bridgehead atoms. The van der Waals surface area contributed by atoms with Gasteiger partial charge in [-0.2, -0.15) is 0 Å². The van der Waals surface area contributed by atoms with Crippen LogP contribution in [-0.4, -0.2) is 37.2 Å². The summed E-state index contributed by atoms with van der Waals surface area (Å²) < 4.78 is 5.74. The summed E-state index contributed by atoms with van der Waals surface area (Å²) >= 11 is 0. The molecule has 1 fully saturated rings. The Morgan fingerprint density at radius 3 is 2.24 bits per heavy atom. The third-order valence-corrected chi connectivity index (χ3v) is 4.47. The molecule has 0 N–H and O–H groups in total. The zero-order valence-corrected chi connectivity index (χ0v) is 12.0. The molecule has 1 unspecified atom stereocenters. The molecule has 0 aromatic heterocycles. The van der Waals surface area contributed by atoms with Crippen molar-refractivity contribution in [2.75, 3.05) is 26.3 Å². The predicted molar refractivity (Wildman–Crippen MR) is 85.9 cm³/mol. The van der Waals surface area contributed by atoms with Gasteiger partial charge in [0, 0.05) is 13.1 Å². The minimum Gasteiger partial charge on any atom is -0.378 e. The molecular weight excluding hydrogens is 258 g/mol. The van der Waals surface area contributed by atoms with Gasteiger partial charge in [0.1, 0.15) is 0 Å². The Labute approximate surface area is 125 Å². The van der Waals surface area contributed by atoms with Gasteiger partial charge >= 0.3 is 0 Å². The summed E-state index contributed by atoms with van der Waals surface area (Å²) in [6.07, 6.45) is 0. The van der Waals surface area contributed by atoms with Crippen molar-refractivity contribution in [2.45, 2.75) is 6.04 Å². The Kier molecular flexibility index (Phi) is 3.34. The van der Waals surface area contributed by atoms with E-state index in [-0.39, 0.29) is 0 Å². The van der Waals surface area contributed by atoms with Gasteiger partial charge in [-0.25, -0.2) is 0 Å². The van der Waals surface area contributed by atoms with E-state index in [1.807, 2.05) is 0 Å². The van der Waals surface area contributed by atoms with E-state index in [0.29, 0.717) is 6.04 Å². The lowest BCUT2D eigenvalue weighted by Crippen LogP contribution is -2.42. The molecule has 21 heavy (non-hydrogen) atoms. The van der Waals surface area contributed by atoms with Crippen LogP contribution in [0.25, 0.3) is 11.1 Å². The van der Waals surface area contributed by atoms with Gasteiger partial charge in [0.2, 0.25) is 0 Å². The second-order valence-electron chi connectivity index (χ2n) is 5.69. The molecule has 2 nitrogen and oxygen atoms in total. The summed E-state index contributed by atoms with van der Waals surface area (Å²) in [5.41, 5.74) is 5.57. The van der Waals surface area contributed by atoms with Crippen LogP contribution in [-0.2, 0) is 4.74 Å². The first-order valence-corrected chi connectivity index (χ1v) is 7.59. The van der Waals surface area contributed by atoms with E-state index in [1.165, 1.54) is 22.3 Å². The van der Waals surface area contributed by atoms with Gasteiger partial charge in [-0.05, 0) is 22.3 Å². The first-order valence-electron chi connectivity index (χ1n) is 7.59. The van der Waals surface area contributed by atoms with E-state index in [9.17, 15) is 0 Å². The summed E-state index contributed by atoms with van der Waals surface area (Å²) in [6, 6.07) is 21.9. The van der Waals surface area contributed by atoms with Gasteiger partial charge in [-0.3, -0.25) is 4.90 Å². The quantitative estimate of drug-likeness (QED) is 0.835. The average Bonchev–Trinajstić information content (AvgIpc) is 2.96. The van der Waals surface area contributed by atoms with Crippen LogP contribution in [0.3, 0.4) is 0 Å². The topological polar surface area (TPSA) is 12.5 Å². The molecule has 0 aliphatic carbocycles. The number of nitrogens with zero attached hydrogens (tertiary/aromatic N) is 1. The van der Waals surface area contributed by atoms with Crippen molar-refractivity contribution in [3.05, 3.63) is 71.8 Å². The van der Waals surface area contributed by atoms with Crippen molar-refractivity contribution in [3.63, 3.8) is 0 Å². The molecule has 2 aromatic carbocycles. The van der Waals surface area contributed by atoms with Gasteiger partial charge < -0.3 is 4.74 Å². The number of hydrogen-bond acceptors (Lipinski definition) is 2. The maximum Gasteiger partial charge on any atom is 0.0664 e. The van der Waals surface area contributed by atoms with Crippen LogP contribution in [0, 0.1) is 0 Å². The van der Waals surface area contributed by atoms with E-state index < -0.39 is 0 Å². The highest BCUT2D eigenvalue weighted by molar-refractivity contribution is 5.96. The van der Waals surface area contributed by atoms with Crippen LogP contribution in [0.15, 0.2) is 60.7 Å². The molecule has 4 rings (SSSR count). The van der Waals surface area contributed by atoms with Crippen LogP contribution in [0.4, 0.5) is 0 Å². The molecule has 2 aromatic rings. The molecule has 1 atom stereocenters. The largest absolute Gasteiger partial charge is 0.378 e. The van der Waals surface area contributed by atoms with E-state index in [4.69, 9.17) is 4.74 Å². The predicted octanol–water partition coefficient (Wildman–Crippen LogP) is 3.31.